The molecule has 4 atom stereocenters. The normalized spacial score (nSPS) is 20.6. The maximum absolute atomic E-state index is 14.2. The lowest BCUT2D eigenvalue weighted by Crippen LogP contribution is -2.56. The van der Waals surface area contributed by atoms with Gasteiger partial charge in [-0.15, -0.1) is 0 Å². The van der Waals surface area contributed by atoms with Crippen LogP contribution in [0.3, 0.4) is 0 Å². The second-order valence-corrected chi connectivity index (χ2v) is 11.9. The summed E-state index contributed by atoms with van der Waals surface area (Å²) in [6.45, 7) is 6.29. The predicted octanol–water partition coefficient (Wildman–Crippen LogP) is 6.38. The Morgan fingerprint density at radius 2 is 1.43 bits per heavy atom. The van der Waals surface area contributed by atoms with E-state index in [0.29, 0.717) is 53.2 Å². The monoisotopic (exact) mass is 646 g/mol. The van der Waals surface area contributed by atoms with Gasteiger partial charge in [-0.25, -0.2) is 0 Å². The molecule has 3 aromatic rings. The number of aliphatic hydroxyl groups is 1. The van der Waals surface area contributed by atoms with Gasteiger partial charge >= 0.3 is 0 Å². The van der Waals surface area contributed by atoms with Gasteiger partial charge in [-0.1, -0.05) is 56.5 Å². The number of Topliss-reactive ketones (excluding diaryl/α,β-unsaturated/α-hetero) is 1. The van der Waals surface area contributed by atoms with Gasteiger partial charge in [0.05, 0.1) is 50.3 Å². The third kappa shape index (κ3) is 8.43. The summed E-state index contributed by atoms with van der Waals surface area (Å²) in [6, 6.07) is 18.9. The minimum absolute atomic E-state index is 0.340. The summed E-state index contributed by atoms with van der Waals surface area (Å²) in [5.74, 6) is -3.54. The fourth-order valence-electron chi connectivity index (χ4n) is 6.24. The smallest absolute Gasteiger partial charge is 0.235 e. The number of unbranched alkanes of at least 4 members (excludes halogenated alkanes) is 3. The highest BCUT2D eigenvalue weighted by Crippen LogP contribution is 2.48. The van der Waals surface area contributed by atoms with E-state index in [-0.39, 0.29) is 0 Å². The highest BCUT2D eigenvalue weighted by molar-refractivity contribution is 6.11. The topological polar surface area (TPSA) is 132 Å². The Hall–Kier alpha value is -4.57. The number of anilines is 2. The summed E-state index contributed by atoms with van der Waals surface area (Å²) in [5, 5.41) is 17.5. The van der Waals surface area contributed by atoms with Crippen molar-refractivity contribution in [2.24, 2.45) is 11.8 Å². The van der Waals surface area contributed by atoms with E-state index in [9.17, 15) is 19.5 Å². The maximum Gasteiger partial charge on any atom is 0.235 e. The number of carbonyl (C=O) groups excluding carboxylic acids is 3. The van der Waals surface area contributed by atoms with E-state index in [0.717, 1.165) is 25.7 Å². The molecular weight excluding hydrogens is 600 g/mol. The van der Waals surface area contributed by atoms with Crippen molar-refractivity contribution in [3.05, 3.63) is 72.3 Å². The number of nitrogens with one attached hydrogen (secondary N) is 2. The maximum atomic E-state index is 14.2. The van der Waals surface area contributed by atoms with Crippen LogP contribution in [0.1, 0.15) is 64.4 Å². The number of para-hydroxylation sites is 4. The summed E-state index contributed by atoms with van der Waals surface area (Å²) < 4.78 is 22.9. The lowest BCUT2D eigenvalue weighted by atomic mass is 9.61. The molecule has 1 aliphatic rings. The molecule has 1 fully saturated rings. The lowest BCUT2D eigenvalue weighted by molar-refractivity contribution is -0.150. The number of hydrogen-bond acceptors (Lipinski definition) is 8. The molecule has 0 heterocycles. The van der Waals surface area contributed by atoms with Crippen molar-refractivity contribution >= 4 is 29.0 Å². The molecule has 0 saturated heterocycles. The zero-order valence-corrected chi connectivity index (χ0v) is 27.8. The van der Waals surface area contributed by atoms with E-state index in [2.05, 4.69) is 17.6 Å². The van der Waals surface area contributed by atoms with Gasteiger partial charge in [-0.3, -0.25) is 14.4 Å². The highest BCUT2D eigenvalue weighted by atomic mass is 16.5. The Kier molecular flexibility index (Phi) is 12.2. The van der Waals surface area contributed by atoms with Crippen molar-refractivity contribution < 1.29 is 38.4 Å². The van der Waals surface area contributed by atoms with Gasteiger partial charge in [0.15, 0.2) is 11.5 Å². The van der Waals surface area contributed by atoms with Crippen molar-refractivity contribution in [1.82, 2.24) is 0 Å². The molecule has 3 N–H and O–H groups in total. The molecule has 252 valence electrons. The van der Waals surface area contributed by atoms with Crippen LogP contribution in [-0.2, 0) is 14.4 Å². The van der Waals surface area contributed by atoms with Gasteiger partial charge in [0.1, 0.15) is 23.2 Å². The van der Waals surface area contributed by atoms with Crippen molar-refractivity contribution in [3.8, 4) is 23.0 Å². The molecule has 47 heavy (non-hydrogen) atoms. The van der Waals surface area contributed by atoms with Crippen molar-refractivity contribution in [1.29, 1.82) is 0 Å². The second kappa shape index (κ2) is 16.3. The molecule has 1 saturated carbocycles. The van der Waals surface area contributed by atoms with Gasteiger partial charge in [0, 0.05) is 12.3 Å². The fraction of sp³-hybridized carbons (Fsp3) is 0.432. The van der Waals surface area contributed by atoms with Crippen LogP contribution in [0, 0.1) is 11.8 Å². The Bertz CT molecular complexity index is 1540. The van der Waals surface area contributed by atoms with E-state index >= 15 is 0 Å². The number of ether oxygens (including phenoxy) is 4. The Morgan fingerprint density at radius 1 is 0.809 bits per heavy atom. The fourth-order valence-corrected chi connectivity index (χ4v) is 6.24. The summed E-state index contributed by atoms with van der Waals surface area (Å²) in [4.78, 5) is 42.2. The number of carbonyl (C=O) groups is 3. The minimum atomic E-state index is -1.80. The van der Waals surface area contributed by atoms with Gasteiger partial charge in [0.25, 0.3) is 0 Å². The van der Waals surface area contributed by atoms with E-state index in [1.165, 1.54) is 21.1 Å². The van der Waals surface area contributed by atoms with Crippen molar-refractivity contribution in [2.75, 3.05) is 38.1 Å². The molecule has 3 aromatic carbocycles. The first-order chi connectivity index (χ1) is 22.6. The molecule has 0 spiro atoms. The van der Waals surface area contributed by atoms with Crippen LogP contribution in [0.15, 0.2) is 66.7 Å². The van der Waals surface area contributed by atoms with Gasteiger partial charge in [-0.05, 0) is 62.2 Å². The van der Waals surface area contributed by atoms with E-state index in [1.807, 2.05) is 6.92 Å². The first kappa shape index (κ1) is 35.3. The Labute approximate surface area is 276 Å². The van der Waals surface area contributed by atoms with E-state index in [4.69, 9.17) is 18.9 Å². The van der Waals surface area contributed by atoms with Gasteiger partial charge in [0.2, 0.25) is 11.8 Å². The van der Waals surface area contributed by atoms with Crippen LogP contribution in [0.5, 0.6) is 23.0 Å². The third-order valence-electron chi connectivity index (χ3n) is 8.47. The molecule has 10 nitrogen and oxygen atoms in total. The first-order valence-electron chi connectivity index (χ1n) is 16.2. The highest BCUT2D eigenvalue weighted by Gasteiger charge is 2.56. The van der Waals surface area contributed by atoms with E-state index < -0.39 is 47.4 Å². The number of ketones is 1. The first-order valence-corrected chi connectivity index (χ1v) is 16.2. The molecule has 2 amide bonds. The molecular formula is C37H46N2O8. The standard InChI is InChI=1S/C37H46N2O8/c1-6-8-9-14-21-47-30-20-19-24(22-31(30)46-7-2)32-33(35(41)38-25-15-10-12-17-28(25)44-4)27(40)23-37(3,43)34(32)36(42)39-26-16-11-13-18-29(26)45-5/h10-13,15-20,22,32-34,43H,6-9,14,21,23H2,1-5H3,(H,38,41)(H,39,42). The average molecular weight is 647 g/mol. The largest absolute Gasteiger partial charge is 0.495 e. The number of rotatable bonds is 15. The zero-order valence-electron chi connectivity index (χ0n) is 27.8. The Balaban J connectivity index is 1.80. The summed E-state index contributed by atoms with van der Waals surface area (Å²) in [7, 11) is 2.97. The van der Waals surface area contributed by atoms with Gasteiger partial charge in [-0.2, -0.15) is 0 Å². The SMILES string of the molecule is CCCCCCOc1ccc(C2C(C(=O)Nc3ccccc3OC)C(=O)CC(C)(O)C2C(=O)Nc2ccccc2OC)cc1OCC. The molecule has 1 aliphatic carbocycles. The van der Waals surface area contributed by atoms with E-state index in [1.54, 1.807) is 66.7 Å². The molecule has 4 unspecified atom stereocenters. The average Bonchev–Trinajstić information content (AvgIpc) is 3.05. The Morgan fingerprint density at radius 3 is 2.02 bits per heavy atom. The summed E-state index contributed by atoms with van der Waals surface area (Å²) >= 11 is 0. The van der Waals surface area contributed by atoms with Crippen LogP contribution in [0.25, 0.3) is 0 Å². The quantitative estimate of drug-likeness (QED) is 0.128. The second-order valence-electron chi connectivity index (χ2n) is 11.9. The molecule has 10 heteroatoms. The number of methoxy groups -OCH3 is 2. The number of hydrogen-bond donors (Lipinski definition) is 3. The zero-order chi connectivity index (χ0) is 34.0. The van der Waals surface area contributed by atoms with Crippen LogP contribution >= 0.6 is 0 Å². The van der Waals surface area contributed by atoms with Crippen LogP contribution < -0.4 is 29.6 Å². The molecule has 0 bridgehead atoms. The minimum Gasteiger partial charge on any atom is -0.495 e. The summed E-state index contributed by atoms with van der Waals surface area (Å²) in [6.07, 6.45) is 3.75. The summed E-state index contributed by atoms with van der Waals surface area (Å²) in [5.41, 5.74) is -0.556. The molecule has 0 aliphatic heterocycles. The number of benzene rings is 3. The third-order valence-corrected chi connectivity index (χ3v) is 8.47. The van der Waals surface area contributed by atoms with Gasteiger partial charge < -0.3 is 34.7 Å². The molecule has 4 rings (SSSR count). The molecule has 0 aromatic heterocycles. The van der Waals surface area contributed by atoms with Crippen LogP contribution in [0.2, 0.25) is 0 Å². The number of amides is 2. The predicted molar refractivity (Wildman–Crippen MR) is 180 cm³/mol. The van der Waals surface area contributed by atoms with Crippen molar-refractivity contribution in [2.45, 2.75) is 64.4 Å². The van der Waals surface area contributed by atoms with Crippen molar-refractivity contribution in [3.63, 3.8) is 0 Å². The lowest BCUT2D eigenvalue weighted by Gasteiger charge is -2.44. The van der Waals surface area contributed by atoms with Crippen LogP contribution in [-0.4, -0.2) is 55.7 Å². The molecule has 0 radical (unpaired) electrons. The van der Waals surface area contributed by atoms with Crippen LogP contribution in [0.4, 0.5) is 11.4 Å².